The van der Waals surface area contributed by atoms with Crippen molar-refractivity contribution in [3.8, 4) is 11.1 Å². The molecule has 156 valence electrons. The van der Waals surface area contributed by atoms with Gasteiger partial charge in [0, 0.05) is 67.1 Å². The molecule has 1 N–H and O–H groups in total. The Balaban J connectivity index is 1.42. The quantitative estimate of drug-likeness (QED) is 0.535. The molecule has 0 saturated carbocycles. The van der Waals surface area contributed by atoms with E-state index in [0.29, 0.717) is 5.95 Å². The summed E-state index contributed by atoms with van der Waals surface area (Å²) in [6.45, 7) is 6.50. The van der Waals surface area contributed by atoms with E-state index in [0.717, 1.165) is 53.9 Å². The first-order valence-electron chi connectivity index (χ1n) is 10.6. The van der Waals surface area contributed by atoms with E-state index in [9.17, 15) is 0 Å². The molecule has 1 fully saturated rings. The van der Waals surface area contributed by atoms with Gasteiger partial charge in [-0.25, -0.2) is 9.97 Å². The number of benzene rings is 2. The van der Waals surface area contributed by atoms with Crippen molar-refractivity contribution in [3.05, 3.63) is 72.7 Å². The van der Waals surface area contributed by atoms with E-state index in [1.54, 1.807) is 12.4 Å². The summed E-state index contributed by atoms with van der Waals surface area (Å²) in [4.78, 5) is 18.3. The van der Waals surface area contributed by atoms with Gasteiger partial charge in [-0.2, -0.15) is 0 Å². The molecule has 6 heteroatoms. The van der Waals surface area contributed by atoms with E-state index in [-0.39, 0.29) is 0 Å². The van der Waals surface area contributed by atoms with E-state index < -0.39 is 0 Å². The van der Waals surface area contributed by atoms with Crippen LogP contribution in [0.4, 0.5) is 17.3 Å². The number of hydrogen-bond donors (Lipinski definition) is 1. The first-order chi connectivity index (χ1) is 15.2. The van der Waals surface area contributed by atoms with Gasteiger partial charge in [0.1, 0.15) is 0 Å². The number of hydrogen-bond acceptors (Lipinski definition) is 6. The highest BCUT2D eigenvalue weighted by molar-refractivity contribution is 5.93. The summed E-state index contributed by atoms with van der Waals surface area (Å²) in [6, 6.07) is 16.7. The SMILES string of the molecule is Cc1cc(Nc2ncc3cccc(-c4ccncc4)c3n2)ccc1N1CCN(C)CC1. The van der Waals surface area contributed by atoms with Crippen LogP contribution in [0, 0.1) is 6.92 Å². The summed E-state index contributed by atoms with van der Waals surface area (Å²) in [5.41, 5.74) is 6.66. The van der Waals surface area contributed by atoms with Crippen molar-refractivity contribution in [1.29, 1.82) is 0 Å². The predicted molar refractivity (Wildman–Crippen MR) is 127 cm³/mol. The lowest BCUT2D eigenvalue weighted by atomic mass is 10.0. The number of piperazine rings is 1. The van der Waals surface area contributed by atoms with Gasteiger partial charge >= 0.3 is 0 Å². The summed E-state index contributed by atoms with van der Waals surface area (Å²) >= 11 is 0. The zero-order chi connectivity index (χ0) is 21.2. The maximum Gasteiger partial charge on any atom is 0.227 e. The molecule has 5 rings (SSSR count). The molecule has 4 aromatic rings. The summed E-state index contributed by atoms with van der Waals surface area (Å²) in [7, 11) is 2.18. The van der Waals surface area contributed by atoms with Crippen LogP contribution in [-0.4, -0.2) is 53.1 Å². The zero-order valence-corrected chi connectivity index (χ0v) is 17.9. The summed E-state index contributed by atoms with van der Waals surface area (Å²) in [5, 5.41) is 4.41. The lowest BCUT2D eigenvalue weighted by Crippen LogP contribution is -2.44. The Kier molecular flexibility index (Phi) is 5.22. The highest BCUT2D eigenvalue weighted by Gasteiger charge is 2.16. The summed E-state index contributed by atoms with van der Waals surface area (Å²) in [6.07, 6.45) is 5.49. The Bertz CT molecular complexity index is 1200. The third-order valence-corrected chi connectivity index (χ3v) is 5.90. The third-order valence-electron chi connectivity index (χ3n) is 5.90. The number of aromatic nitrogens is 3. The molecule has 0 amide bonds. The smallest absolute Gasteiger partial charge is 0.227 e. The molecule has 1 aliphatic heterocycles. The zero-order valence-electron chi connectivity index (χ0n) is 17.9. The minimum atomic E-state index is 0.598. The molecule has 0 unspecified atom stereocenters. The van der Waals surface area contributed by atoms with Gasteiger partial charge < -0.3 is 15.1 Å². The van der Waals surface area contributed by atoms with Crippen molar-refractivity contribution in [1.82, 2.24) is 19.9 Å². The van der Waals surface area contributed by atoms with Gasteiger partial charge in [0.05, 0.1) is 5.52 Å². The maximum atomic E-state index is 4.84. The molecule has 31 heavy (non-hydrogen) atoms. The van der Waals surface area contributed by atoms with Crippen molar-refractivity contribution in [3.63, 3.8) is 0 Å². The van der Waals surface area contributed by atoms with Gasteiger partial charge in [-0.1, -0.05) is 18.2 Å². The van der Waals surface area contributed by atoms with Crippen LogP contribution in [0.15, 0.2) is 67.1 Å². The topological polar surface area (TPSA) is 57.2 Å². The van der Waals surface area contributed by atoms with E-state index in [1.807, 2.05) is 30.5 Å². The molecular formula is C25H26N6. The number of nitrogens with zero attached hydrogens (tertiary/aromatic N) is 5. The molecule has 1 aliphatic rings. The Hall–Kier alpha value is -3.51. The van der Waals surface area contributed by atoms with Crippen LogP contribution in [0.5, 0.6) is 0 Å². The number of likely N-dealkylation sites (N-methyl/N-ethyl adjacent to an activating group) is 1. The molecule has 0 aliphatic carbocycles. The van der Waals surface area contributed by atoms with Crippen molar-refractivity contribution in [2.75, 3.05) is 43.4 Å². The summed E-state index contributed by atoms with van der Waals surface area (Å²) < 4.78 is 0. The predicted octanol–water partition coefficient (Wildman–Crippen LogP) is 4.50. The number of fused-ring (bicyclic) bond motifs is 1. The highest BCUT2D eigenvalue weighted by atomic mass is 15.2. The van der Waals surface area contributed by atoms with E-state index in [4.69, 9.17) is 4.98 Å². The third kappa shape index (κ3) is 4.07. The van der Waals surface area contributed by atoms with Crippen LogP contribution in [0.2, 0.25) is 0 Å². The molecule has 3 heterocycles. The highest BCUT2D eigenvalue weighted by Crippen LogP contribution is 2.29. The van der Waals surface area contributed by atoms with Crippen molar-refractivity contribution in [2.24, 2.45) is 0 Å². The molecule has 2 aromatic carbocycles. The summed E-state index contributed by atoms with van der Waals surface area (Å²) in [5.74, 6) is 0.598. The largest absolute Gasteiger partial charge is 0.369 e. The van der Waals surface area contributed by atoms with Crippen LogP contribution < -0.4 is 10.2 Å². The monoisotopic (exact) mass is 410 g/mol. The fraction of sp³-hybridized carbons (Fsp3) is 0.240. The lowest BCUT2D eigenvalue weighted by Gasteiger charge is -2.35. The van der Waals surface area contributed by atoms with Gasteiger partial charge in [0.25, 0.3) is 0 Å². The number of aryl methyl sites for hydroxylation is 1. The molecular weight excluding hydrogens is 384 g/mol. The fourth-order valence-corrected chi connectivity index (χ4v) is 4.14. The van der Waals surface area contributed by atoms with E-state index in [2.05, 4.69) is 63.3 Å². The fourth-order valence-electron chi connectivity index (χ4n) is 4.14. The second-order valence-electron chi connectivity index (χ2n) is 8.09. The van der Waals surface area contributed by atoms with Crippen LogP contribution in [0.3, 0.4) is 0 Å². The van der Waals surface area contributed by atoms with Crippen molar-refractivity contribution < 1.29 is 0 Å². The lowest BCUT2D eigenvalue weighted by molar-refractivity contribution is 0.312. The standard InChI is InChI=1S/C25H26N6/c1-18-16-21(6-7-23(18)31-14-12-30(2)13-15-31)28-25-27-17-20-4-3-5-22(24(20)29-25)19-8-10-26-11-9-19/h3-11,16-17H,12-15H2,1-2H3,(H,27,28,29). The molecule has 2 aromatic heterocycles. The average molecular weight is 411 g/mol. The Morgan fingerprint density at radius 2 is 1.74 bits per heavy atom. The Morgan fingerprint density at radius 1 is 0.935 bits per heavy atom. The molecule has 0 bridgehead atoms. The van der Waals surface area contributed by atoms with Gasteiger partial charge in [-0.05, 0) is 55.4 Å². The van der Waals surface area contributed by atoms with Crippen LogP contribution >= 0.6 is 0 Å². The van der Waals surface area contributed by atoms with E-state index in [1.165, 1.54) is 11.3 Å². The normalized spacial score (nSPS) is 14.7. The number of para-hydroxylation sites is 1. The van der Waals surface area contributed by atoms with Crippen LogP contribution in [0.25, 0.3) is 22.0 Å². The second kappa shape index (κ2) is 8.32. The van der Waals surface area contributed by atoms with Gasteiger partial charge in [-0.15, -0.1) is 0 Å². The Labute approximate surface area is 182 Å². The van der Waals surface area contributed by atoms with Crippen LogP contribution in [0.1, 0.15) is 5.56 Å². The minimum absolute atomic E-state index is 0.598. The van der Waals surface area contributed by atoms with Gasteiger partial charge in [0.2, 0.25) is 5.95 Å². The number of pyridine rings is 1. The molecule has 0 spiro atoms. The first kappa shape index (κ1) is 19.5. The number of rotatable bonds is 4. The van der Waals surface area contributed by atoms with Crippen molar-refractivity contribution in [2.45, 2.75) is 6.92 Å². The maximum absolute atomic E-state index is 4.84. The minimum Gasteiger partial charge on any atom is -0.369 e. The van der Waals surface area contributed by atoms with E-state index >= 15 is 0 Å². The van der Waals surface area contributed by atoms with Crippen molar-refractivity contribution >= 4 is 28.2 Å². The number of nitrogens with one attached hydrogen (secondary N) is 1. The molecule has 0 radical (unpaired) electrons. The molecule has 6 nitrogen and oxygen atoms in total. The first-order valence-corrected chi connectivity index (χ1v) is 10.6. The molecule has 0 atom stereocenters. The van der Waals surface area contributed by atoms with Gasteiger partial charge in [0.15, 0.2) is 0 Å². The van der Waals surface area contributed by atoms with Crippen LogP contribution in [-0.2, 0) is 0 Å². The molecule has 1 saturated heterocycles. The average Bonchev–Trinajstić information content (AvgIpc) is 2.80. The van der Waals surface area contributed by atoms with Gasteiger partial charge in [-0.3, -0.25) is 4.98 Å². The Morgan fingerprint density at radius 3 is 2.52 bits per heavy atom. The second-order valence-corrected chi connectivity index (χ2v) is 8.09. The number of anilines is 3.